The Morgan fingerprint density at radius 3 is 2.79 bits per heavy atom. The van der Waals surface area contributed by atoms with Crippen molar-refractivity contribution in [2.45, 2.75) is 32.9 Å². The molecule has 0 unspecified atom stereocenters. The number of hydrogen-bond acceptors (Lipinski definition) is 8. The average Bonchev–Trinajstić information content (AvgIpc) is 3.22. The number of carbonyl (C=O) groups is 2. The second-order valence-corrected chi connectivity index (χ2v) is 9.98. The van der Waals surface area contributed by atoms with Crippen molar-refractivity contribution < 1.29 is 19.1 Å². The second-order valence-electron chi connectivity index (χ2n) is 9.57. The van der Waals surface area contributed by atoms with Crippen LogP contribution in [0.15, 0.2) is 42.7 Å². The van der Waals surface area contributed by atoms with Gasteiger partial charge in [0.05, 0.1) is 41.8 Å². The predicted octanol–water partition coefficient (Wildman–Crippen LogP) is 4.99. The molecule has 1 aliphatic rings. The summed E-state index contributed by atoms with van der Waals surface area (Å²) in [6, 6.07) is 8.80. The van der Waals surface area contributed by atoms with E-state index in [1.54, 1.807) is 68.2 Å². The third kappa shape index (κ3) is 4.92. The Kier molecular flexibility index (Phi) is 6.53. The van der Waals surface area contributed by atoms with Crippen molar-refractivity contribution in [2.75, 3.05) is 24.3 Å². The molecule has 0 spiro atoms. The van der Waals surface area contributed by atoms with Gasteiger partial charge in [-0.15, -0.1) is 0 Å². The first-order chi connectivity index (χ1) is 18.1. The fourth-order valence-corrected chi connectivity index (χ4v) is 4.45. The molecule has 196 valence electrons. The van der Waals surface area contributed by atoms with Crippen molar-refractivity contribution in [2.24, 2.45) is 0 Å². The monoisotopic (exact) mass is 535 g/mol. The molecule has 0 atom stereocenters. The number of ether oxygens (including phenoxy) is 2. The third-order valence-electron chi connectivity index (χ3n) is 5.72. The molecule has 0 saturated heterocycles. The molecule has 1 aromatic carbocycles. The number of benzene rings is 1. The lowest BCUT2D eigenvalue weighted by Crippen LogP contribution is -2.35. The summed E-state index contributed by atoms with van der Waals surface area (Å²) < 4.78 is 12.5. The first kappa shape index (κ1) is 25.3. The van der Waals surface area contributed by atoms with E-state index in [9.17, 15) is 9.59 Å². The predicted molar refractivity (Wildman–Crippen MR) is 144 cm³/mol. The van der Waals surface area contributed by atoms with Crippen molar-refractivity contribution >= 4 is 51.7 Å². The van der Waals surface area contributed by atoms with E-state index in [0.717, 1.165) is 0 Å². The summed E-state index contributed by atoms with van der Waals surface area (Å²) in [4.78, 5) is 34.0. The van der Waals surface area contributed by atoms with E-state index in [-0.39, 0.29) is 11.7 Å². The maximum Gasteiger partial charge on any atom is 0.413 e. The molecule has 3 aromatic heterocycles. The number of carbonyl (C=O) groups excluding carboxylic acids is 2. The number of pyridine rings is 2. The third-order valence-corrected chi connectivity index (χ3v) is 6.02. The largest absolute Gasteiger partial charge is 0.493 e. The number of fused-ring (bicyclic) bond motifs is 2. The molecule has 5 rings (SSSR count). The lowest BCUT2D eigenvalue weighted by atomic mass is 10.0. The number of rotatable bonds is 5. The summed E-state index contributed by atoms with van der Waals surface area (Å²) in [6.07, 6.45) is 2.57. The molecule has 0 saturated carbocycles. The van der Waals surface area contributed by atoms with Gasteiger partial charge in [-0.2, -0.15) is 5.10 Å². The van der Waals surface area contributed by atoms with Gasteiger partial charge in [0.15, 0.2) is 5.75 Å². The van der Waals surface area contributed by atoms with Gasteiger partial charge in [-0.05, 0) is 45.0 Å². The number of amides is 2. The highest BCUT2D eigenvalue weighted by atomic mass is 35.5. The van der Waals surface area contributed by atoms with Gasteiger partial charge in [0, 0.05) is 23.7 Å². The molecule has 12 heteroatoms. The highest BCUT2D eigenvalue weighted by Crippen LogP contribution is 2.40. The van der Waals surface area contributed by atoms with E-state index in [4.69, 9.17) is 26.2 Å². The Morgan fingerprint density at radius 2 is 2.03 bits per heavy atom. The first-order valence-electron chi connectivity index (χ1n) is 11.9. The summed E-state index contributed by atoms with van der Waals surface area (Å²) >= 11 is 6.35. The average molecular weight is 536 g/mol. The molecule has 2 amide bonds. The Bertz CT molecular complexity index is 1560. The topological polar surface area (TPSA) is 132 Å². The van der Waals surface area contributed by atoms with Crippen molar-refractivity contribution in [1.29, 1.82) is 0 Å². The second kappa shape index (κ2) is 9.82. The Morgan fingerprint density at radius 1 is 1.21 bits per heavy atom. The van der Waals surface area contributed by atoms with Crippen molar-refractivity contribution in [3.63, 3.8) is 0 Å². The minimum absolute atomic E-state index is 0.259. The maximum atomic E-state index is 13.0. The minimum atomic E-state index is -0.661. The zero-order chi connectivity index (χ0) is 27.0. The van der Waals surface area contributed by atoms with Crippen LogP contribution in [0, 0.1) is 0 Å². The highest BCUT2D eigenvalue weighted by Gasteiger charge is 2.29. The molecule has 3 N–H and O–H groups in total. The molecule has 0 fully saturated rings. The number of methoxy groups -OCH3 is 1. The number of aromatic nitrogens is 4. The SMILES string of the molecule is COc1c(Cl)cccc1Nc1c(-c2ccnc3cnc(NC(=O)OC(C)(C)C)cc23)nn2c1C(=O)NCC2. The van der Waals surface area contributed by atoms with Gasteiger partial charge in [0.25, 0.3) is 5.91 Å². The quantitative estimate of drug-likeness (QED) is 0.325. The molecule has 4 aromatic rings. The molecule has 11 nitrogen and oxygen atoms in total. The Labute approximate surface area is 223 Å². The van der Waals surface area contributed by atoms with Crippen LogP contribution in [0.5, 0.6) is 5.75 Å². The van der Waals surface area contributed by atoms with Gasteiger partial charge in [0.2, 0.25) is 0 Å². The number of halogens is 1. The molecule has 38 heavy (non-hydrogen) atoms. The summed E-state index contributed by atoms with van der Waals surface area (Å²) in [5.41, 5.74) is 2.55. The zero-order valence-corrected chi connectivity index (χ0v) is 22.0. The highest BCUT2D eigenvalue weighted by molar-refractivity contribution is 6.32. The number of nitrogens with zero attached hydrogens (tertiary/aromatic N) is 4. The van der Waals surface area contributed by atoms with E-state index in [1.807, 2.05) is 0 Å². The van der Waals surface area contributed by atoms with Gasteiger partial charge < -0.3 is 20.1 Å². The smallest absolute Gasteiger partial charge is 0.413 e. The molecule has 1 aliphatic heterocycles. The van der Waals surface area contributed by atoms with Crippen LogP contribution in [-0.4, -0.2) is 51.0 Å². The van der Waals surface area contributed by atoms with Crippen molar-refractivity contribution in [3.8, 4) is 17.0 Å². The summed E-state index contributed by atoms with van der Waals surface area (Å²) in [5.74, 6) is 0.462. The van der Waals surface area contributed by atoms with Gasteiger partial charge in [-0.3, -0.25) is 19.8 Å². The van der Waals surface area contributed by atoms with Gasteiger partial charge in [0.1, 0.15) is 22.8 Å². The fraction of sp³-hybridized carbons (Fsp3) is 0.269. The number of para-hydroxylation sites is 1. The van der Waals surface area contributed by atoms with Crippen LogP contribution in [0.4, 0.5) is 22.0 Å². The van der Waals surface area contributed by atoms with Crippen LogP contribution in [0.2, 0.25) is 5.02 Å². The molecule has 4 heterocycles. The van der Waals surface area contributed by atoms with E-state index < -0.39 is 11.7 Å². The molecule has 0 radical (unpaired) electrons. The van der Waals surface area contributed by atoms with E-state index in [1.165, 1.54) is 7.11 Å². The van der Waals surface area contributed by atoms with E-state index in [0.29, 0.717) is 63.1 Å². The van der Waals surface area contributed by atoms with Gasteiger partial charge in [-0.1, -0.05) is 17.7 Å². The van der Waals surface area contributed by atoms with E-state index in [2.05, 4.69) is 25.9 Å². The van der Waals surface area contributed by atoms with Gasteiger partial charge in [-0.25, -0.2) is 9.78 Å². The Balaban J connectivity index is 1.64. The summed E-state index contributed by atoms with van der Waals surface area (Å²) in [6.45, 7) is 6.30. The minimum Gasteiger partial charge on any atom is -0.493 e. The maximum absolute atomic E-state index is 13.0. The summed E-state index contributed by atoms with van der Waals surface area (Å²) in [7, 11) is 1.52. The first-order valence-corrected chi connectivity index (χ1v) is 12.3. The van der Waals surface area contributed by atoms with Crippen LogP contribution in [0.25, 0.3) is 22.2 Å². The number of anilines is 3. The molecular weight excluding hydrogens is 510 g/mol. The van der Waals surface area contributed by atoms with Crippen LogP contribution in [-0.2, 0) is 11.3 Å². The Hall–Kier alpha value is -4.38. The standard InChI is InChI=1S/C26H26ClN7O4/c1-26(2,3)38-25(36)32-19-12-15-14(8-9-28-18(15)13-30-19)20-21(22-24(35)29-10-11-34(22)33-20)31-17-7-5-6-16(27)23(17)37-4/h5-9,12-13,31H,10-11H2,1-4H3,(H,29,35)(H,30,32,36). The van der Waals surface area contributed by atoms with Crippen LogP contribution in [0.3, 0.4) is 0 Å². The molecular formula is C26H26ClN7O4. The van der Waals surface area contributed by atoms with Crippen molar-refractivity contribution in [1.82, 2.24) is 25.1 Å². The normalized spacial score (nSPS) is 13.0. The lowest BCUT2D eigenvalue weighted by molar-refractivity contribution is 0.0635. The van der Waals surface area contributed by atoms with E-state index >= 15 is 0 Å². The number of hydrogen-bond donors (Lipinski definition) is 3. The molecule has 0 aliphatic carbocycles. The van der Waals surface area contributed by atoms with Crippen LogP contribution >= 0.6 is 11.6 Å². The van der Waals surface area contributed by atoms with Gasteiger partial charge >= 0.3 is 6.09 Å². The fourth-order valence-electron chi connectivity index (χ4n) is 4.20. The lowest BCUT2D eigenvalue weighted by Gasteiger charge is -2.19. The van der Waals surface area contributed by atoms with Crippen LogP contribution < -0.4 is 20.7 Å². The van der Waals surface area contributed by atoms with Crippen LogP contribution in [0.1, 0.15) is 31.3 Å². The summed E-state index contributed by atoms with van der Waals surface area (Å²) in [5, 5.41) is 14.8. The zero-order valence-electron chi connectivity index (χ0n) is 21.3. The van der Waals surface area contributed by atoms with Crippen molar-refractivity contribution in [3.05, 3.63) is 53.4 Å². The molecule has 0 bridgehead atoms. The number of nitrogens with one attached hydrogen (secondary N) is 3.